The van der Waals surface area contributed by atoms with Crippen LogP contribution >= 0.6 is 24.0 Å². The Morgan fingerprint density at radius 3 is 2.30 bits per heavy atom. The number of alkyl halides is 3. The van der Waals surface area contributed by atoms with Gasteiger partial charge in [-0.3, -0.25) is 4.99 Å². The molecule has 0 aromatic rings. The third-order valence-electron chi connectivity index (χ3n) is 3.65. The van der Waals surface area contributed by atoms with Crippen LogP contribution in [0.3, 0.4) is 0 Å². The molecule has 1 fully saturated rings. The molecule has 0 aromatic carbocycles. The van der Waals surface area contributed by atoms with E-state index < -0.39 is 12.6 Å². The molecule has 0 unspecified atom stereocenters. The molecule has 0 aliphatic carbocycles. The van der Waals surface area contributed by atoms with Crippen LogP contribution in [0.25, 0.3) is 0 Å². The van der Waals surface area contributed by atoms with Gasteiger partial charge in [0, 0.05) is 19.6 Å². The fourth-order valence-electron chi connectivity index (χ4n) is 2.51. The van der Waals surface area contributed by atoms with Crippen molar-refractivity contribution >= 4 is 29.9 Å². The Morgan fingerprint density at radius 1 is 1.09 bits per heavy atom. The third kappa shape index (κ3) is 12.8. The number of likely N-dealkylation sites (tertiary alicyclic amines) is 1. The minimum Gasteiger partial charge on any atom is -0.357 e. The van der Waals surface area contributed by atoms with Gasteiger partial charge in [-0.15, -0.1) is 24.0 Å². The summed E-state index contributed by atoms with van der Waals surface area (Å²) in [6.07, 6.45) is 1.15. The number of guanidine groups is 1. The van der Waals surface area contributed by atoms with E-state index >= 15 is 0 Å². The lowest BCUT2D eigenvalue weighted by molar-refractivity contribution is -0.132. The molecule has 2 N–H and O–H groups in total. The standard InChI is InChI=1S/C15H29F3N4.HI/c1-2-19-14(21-10-8-15(16,17)18)20-9-7-13-22-11-5-3-4-6-12-22;/h2-13H2,1H3,(H2,19,20,21);1H. The molecule has 0 aromatic heterocycles. The van der Waals surface area contributed by atoms with Gasteiger partial charge in [0.1, 0.15) is 0 Å². The Bertz CT molecular complexity index is 316. The smallest absolute Gasteiger partial charge is 0.357 e. The molecule has 0 radical (unpaired) electrons. The van der Waals surface area contributed by atoms with Gasteiger partial charge in [-0.05, 0) is 45.8 Å². The highest BCUT2D eigenvalue weighted by atomic mass is 127. The lowest BCUT2D eigenvalue weighted by atomic mass is 10.2. The number of nitrogens with one attached hydrogen (secondary N) is 2. The van der Waals surface area contributed by atoms with Gasteiger partial charge in [0.2, 0.25) is 0 Å². The van der Waals surface area contributed by atoms with Crippen LogP contribution in [0.5, 0.6) is 0 Å². The summed E-state index contributed by atoms with van der Waals surface area (Å²) in [5, 5.41) is 5.71. The summed E-state index contributed by atoms with van der Waals surface area (Å²) < 4.78 is 36.4. The monoisotopic (exact) mass is 450 g/mol. The first-order chi connectivity index (χ1) is 10.5. The first kappa shape index (κ1) is 22.8. The lowest BCUT2D eigenvalue weighted by Crippen LogP contribution is -2.39. The van der Waals surface area contributed by atoms with E-state index in [0.29, 0.717) is 19.0 Å². The van der Waals surface area contributed by atoms with Crippen LogP contribution in [0.2, 0.25) is 0 Å². The van der Waals surface area contributed by atoms with Gasteiger partial charge in [0.15, 0.2) is 5.96 Å². The molecule has 1 rings (SSSR count). The van der Waals surface area contributed by atoms with Gasteiger partial charge in [0.05, 0.1) is 6.42 Å². The fraction of sp³-hybridized carbons (Fsp3) is 0.933. The van der Waals surface area contributed by atoms with Crippen LogP contribution in [0.4, 0.5) is 13.2 Å². The van der Waals surface area contributed by atoms with E-state index in [1.54, 1.807) is 0 Å². The normalized spacial score (nSPS) is 17.3. The topological polar surface area (TPSA) is 39.7 Å². The highest BCUT2D eigenvalue weighted by Gasteiger charge is 2.26. The maximum absolute atomic E-state index is 12.1. The average Bonchev–Trinajstić information content (AvgIpc) is 2.71. The summed E-state index contributed by atoms with van der Waals surface area (Å²) in [5.74, 6) is 0.475. The average molecular weight is 450 g/mol. The van der Waals surface area contributed by atoms with E-state index in [-0.39, 0.29) is 30.5 Å². The first-order valence-electron chi connectivity index (χ1n) is 8.32. The summed E-state index contributed by atoms with van der Waals surface area (Å²) in [4.78, 5) is 6.81. The molecule has 8 heteroatoms. The molecule has 0 bridgehead atoms. The van der Waals surface area contributed by atoms with Gasteiger partial charge in [-0.25, -0.2) is 0 Å². The second kappa shape index (κ2) is 13.1. The summed E-state index contributed by atoms with van der Waals surface area (Å²) in [5.41, 5.74) is 0. The van der Waals surface area contributed by atoms with Crippen LogP contribution in [0, 0.1) is 0 Å². The van der Waals surface area contributed by atoms with Crippen molar-refractivity contribution in [3.8, 4) is 0 Å². The maximum Gasteiger partial charge on any atom is 0.390 e. The third-order valence-corrected chi connectivity index (χ3v) is 3.65. The van der Waals surface area contributed by atoms with Crippen molar-refractivity contribution in [3.63, 3.8) is 0 Å². The van der Waals surface area contributed by atoms with Crippen molar-refractivity contribution in [2.24, 2.45) is 4.99 Å². The van der Waals surface area contributed by atoms with Crippen molar-refractivity contribution < 1.29 is 13.2 Å². The predicted octanol–water partition coefficient (Wildman–Crippen LogP) is 3.38. The lowest BCUT2D eigenvalue weighted by Gasteiger charge is -2.19. The number of halogens is 4. The minimum absolute atomic E-state index is 0. The molecule has 0 atom stereocenters. The summed E-state index contributed by atoms with van der Waals surface area (Å²) >= 11 is 0. The molecule has 23 heavy (non-hydrogen) atoms. The summed E-state index contributed by atoms with van der Waals surface area (Å²) in [7, 11) is 0. The van der Waals surface area contributed by atoms with Crippen molar-refractivity contribution in [1.82, 2.24) is 15.5 Å². The molecular formula is C15H30F3IN4. The predicted molar refractivity (Wildman–Crippen MR) is 99.6 cm³/mol. The van der Waals surface area contributed by atoms with E-state index in [4.69, 9.17) is 0 Å². The highest BCUT2D eigenvalue weighted by Crippen LogP contribution is 2.18. The van der Waals surface area contributed by atoms with E-state index in [9.17, 15) is 13.2 Å². The zero-order valence-electron chi connectivity index (χ0n) is 13.9. The summed E-state index contributed by atoms with van der Waals surface area (Å²) in [6, 6.07) is 0. The van der Waals surface area contributed by atoms with Crippen LogP contribution in [-0.2, 0) is 0 Å². The molecule has 0 amide bonds. The highest BCUT2D eigenvalue weighted by molar-refractivity contribution is 14.0. The molecular weight excluding hydrogens is 420 g/mol. The Labute approximate surface area is 154 Å². The molecule has 4 nitrogen and oxygen atoms in total. The fourth-order valence-corrected chi connectivity index (χ4v) is 2.51. The van der Waals surface area contributed by atoms with Gasteiger partial charge >= 0.3 is 6.18 Å². The van der Waals surface area contributed by atoms with Crippen molar-refractivity contribution in [1.29, 1.82) is 0 Å². The van der Waals surface area contributed by atoms with Crippen molar-refractivity contribution in [2.45, 2.75) is 51.6 Å². The van der Waals surface area contributed by atoms with E-state index in [1.807, 2.05) is 6.92 Å². The quantitative estimate of drug-likeness (QED) is 0.271. The van der Waals surface area contributed by atoms with Crippen LogP contribution in [-0.4, -0.2) is 56.3 Å². The number of hydrogen-bond acceptors (Lipinski definition) is 2. The van der Waals surface area contributed by atoms with Gasteiger partial charge in [-0.1, -0.05) is 12.8 Å². The van der Waals surface area contributed by atoms with Crippen LogP contribution in [0.1, 0.15) is 45.4 Å². The Hall–Kier alpha value is -0.250. The second-order valence-electron chi connectivity index (χ2n) is 5.66. The molecule has 1 saturated heterocycles. The largest absolute Gasteiger partial charge is 0.390 e. The Morgan fingerprint density at radius 2 is 1.74 bits per heavy atom. The molecule has 0 saturated carbocycles. The minimum atomic E-state index is -4.13. The molecule has 1 aliphatic rings. The molecule has 1 aliphatic heterocycles. The van der Waals surface area contributed by atoms with E-state index in [1.165, 1.54) is 25.7 Å². The first-order valence-corrected chi connectivity index (χ1v) is 8.32. The number of aliphatic imine (C=N–C) groups is 1. The molecule has 0 spiro atoms. The number of rotatable bonds is 7. The van der Waals surface area contributed by atoms with Crippen molar-refractivity contribution in [3.05, 3.63) is 0 Å². The van der Waals surface area contributed by atoms with Gasteiger partial charge in [0.25, 0.3) is 0 Å². The second-order valence-corrected chi connectivity index (χ2v) is 5.66. The summed E-state index contributed by atoms with van der Waals surface area (Å²) in [6.45, 7) is 6.38. The van der Waals surface area contributed by atoms with Crippen LogP contribution in [0.15, 0.2) is 4.99 Å². The van der Waals surface area contributed by atoms with Gasteiger partial charge < -0.3 is 15.5 Å². The van der Waals surface area contributed by atoms with Crippen LogP contribution < -0.4 is 10.6 Å². The van der Waals surface area contributed by atoms with Gasteiger partial charge in [-0.2, -0.15) is 13.2 Å². The van der Waals surface area contributed by atoms with Crippen molar-refractivity contribution in [2.75, 3.05) is 39.3 Å². The number of nitrogens with zero attached hydrogens (tertiary/aromatic N) is 2. The Balaban J connectivity index is 0.00000484. The SMILES string of the molecule is CCNC(=NCCCN1CCCCCC1)NCCC(F)(F)F.I. The van der Waals surface area contributed by atoms with E-state index in [2.05, 4.69) is 20.5 Å². The number of hydrogen-bond donors (Lipinski definition) is 2. The Kier molecular flexibility index (Phi) is 12.9. The van der Waals surface area contributed by atoms with E-state index in [0.717, 1.165) is 26.1 Å². The zero-order valence-corrected chi connectivity index (χ0v) is 16.3. The molecule has 1 heterocycles. The zero-order chi connectivity index (χ0) is 16.3. The molecule has 138 valence electrons. The maximum atomic E-state index is 12.1.